The lowest BCUT2D eigenvalue weighted by atomic mass is 9.83. The molecule has 2 aromatic carbocycles. The molecule has 0 aliphatic carbocycles. The van der Waals surface area contributed by atoms with Gasteiger partial charge >= 0.3 is 0 Å². The largest absolute Gasteiger partial charge is 0.339 e. The van der Waals surface area contributed by atoms with E-state index in [1.54, 1.807) is 11.3 Å². The monoisotopic (exact) mass is 461 g/mol. The van der Waals surface area contributed by atoms with Gasteiger partial charge < -0.3 is 9.80 Å². The van der Waals surface area contributed by atoms with Crippen LogP contribution in [0.4, 0.5) is 0 Å². The van der Waals surface area contributed by atoms with Crippen molar-refractivity contribution in [2.75, 3.05) is 26.2 Å². The molecule has 0 atom stereocenters. The number of aryl methyl sites for hydroxylation is 2. The molecule has 0 saturated carbocycles. The molecule has 0 N–H and O–H groups in total. The minimum Gasteiger partial charge on any atom is -0.339 e. The Labute approximate surface area is 200 Å². The summed E-state index contributed by atoms with van der Waals surface area (Å²) < 4.78 is 0. The van der Waals surface area contributed by atoms with Crippen LogP contribution in [-0.4, -0.2) is 52.8 Å². The fourth-order valence-corrected chi connectivity index (χ4v) is 5.26. The summed E-state index contributed by atoms with van der Waals surface area (Å²) in [6.07, 6.45) is 0.345. The summed E-state index contributed by atoms with van der Waals surface area (Å²) in [6.45, 7) is 10.2. The van der Waals surface area contributed by atoms with Gasteiger partial charge in [-0.05, 0) is 33.3 Å². The maximum Gasteiger partial charge on any atom is 0.232 e. The summed E-state index contributed by atoms with van der Waals surface area (Å²) in [5.41, 5.74) is 3.58. The molecule has 2 amide bonds. The summed E-state index contributed by atoms with van der Waals surface area (Å²) in [7, 11) is 0. The molecule has 6 heteroatoms. The molecular formula is C27H31N3O2S. The van der Waals surface area contributed by atoms with E-state index in [1.807, 2.05) is 60.9 Å². The molecule has 0 bridgehead atoms. The normalized spacial score (nSPS) is 14.4. The molecule has 0 unspecified atom stereocenters. The van der Waals surface area contributed by atoms with Crippen LogP contribution in [0.5, 0.6) is 0 Å². The van der Waals surface area contributed by atoms with Crippen LogP contribution in [-0.2, 0) is 21.4 Å². The molecule has 1 aromatic heterocycles. The fourth-order valence-electron chi connectivity index (χ4n) is 4.31. The first-order valence-electron chi connectivity index (χ1n) is 11.4. The Morgan fingerprint density at radius 3 is 2.15 bits per heavy atom. The fraction of sp³-hybridized carbons (Fsp3) is 0.370. The van der Waals surface area contributed by atoms with Gasteiger partial charge in [0.15, 0.2) is 0 Å². The first-order valence-corrected chi connectivity index (χ1v) is 12.2. The van der Waals surface area contributed by atoms with E-state index >= 15 is 0 Å². The minimum atomic E-state index is -0.587. The van der Waals surface area contributed by atoms with Crippen LogP contribution in [0, 0.1) is 13.8 Å². The Hall–Kier alpha value is -2.99. The van der Waals surface area contributed by atoms with Gasteiger partial charge in [0.05, 0.1) is 22.5 Å². The van der Waals surface area contributed by atoms with Crippen molar-refractivity contribution in [2.45, 2.75) is 39.5 Å². The van der Waals surface area contributed by atoms with E-state index in [1.165, 1.54) is 5.56 Å². The molecule has 0 radical (unpaired) electrons. The van der Waals surface area contributed by atoms with Crippen molar-refractivity contribution in [3.8, 4) is 11.3 Å². The molecule has 1 fully saturated rings. The third kappa shape index (κ3) is 5.01. The van der Waals surface area contributed by atoms with Gasteiger partial charge in [-0.25, -0.2) is 4.98 Å². The highest BCUT2D eigenvalue weighted by Gasteiger charge is 2.35. The van der Waals surface area contributed by atoms with E-state index in [9.17, 15) is 9.59 Å². The lowest BCUT2D eigenvalue weighted by molar-refractivity contribution is -0.142. The van der Waals surface area contributed by atoms with Gasteiger partial charge in [0.1, 0.15) is 0 Å². The highest BCUT2D eigenvalue weighted by atomic mass is 32.1. The lowest BCUT2D eigenvalue weighted by Gasteiger charge is -2.38. The van der Waals surface area contributed by atoms with Gasteiger partial charge in [-0.2, -0.15) is 0 Å². The third-order valence-corrected chi connectivity index (χ3v) is 7.36. The van der Waals surface area contributed by atoms with Crippen molar-refractivity contribution >= 4 is 23.2 Å². The predicted octanol–water partition coefficient (Wildman–Crippen LogP) is 4.62. The van der Waals surface area contributed by atoms with E-state index in [0.29, 0.717) is 32.6 Å². The maximum absolute atomic E-state index is 13.2. The number of thiazole rings is 1. The number of piperazine rings is 1. The van der Waals surface area contributed by atoms with Crippen LogP contribution in [0.2, 0.25) is 0 Å². The van der Waals surface area contributed by atoms with Crippen LogP contribution >= 0.6 is 11.3 Å². The standard InChI is InChI=1S/C27H31N3O2S/c1-19-10-12-21(13-11-19)25-23(33-20(2)28-25)18-24(31)29-14-16-30(17-15-29)26(32)27(3,4)22-8-6-5-7-9-22/h5-13H,14-18H2,1-4H3. The van der Waals surface area contributed by atoms with Crippen molar-refractivity contribution in [1.82, 2.24) is 14.8 Å². The molecule has 1 aliphatic heterocycles. The number of rotatable bonds is 5. The third-order valence-electron chi connectivity index (χ3n) is 6.39. The molecular weight excluding hydrogens is 430 g/mol. The van der Waals surface area contributed by atoms with Crippen molar-refractivity contribution in [1.29, 1.82) is 0 Å². The van der Waals surface area contributed by atoms with E-state index in [2.05, 4.69) is 31.2 Å². The molecule has 2 heterocycles. The van der Waals surface area contributed by atoms with E-state index in [0.717, 1.165) is 26.7 Å². The summed E-state index contributed by atoms with van der Waals surface area (Å²) in [6, 6.07) is 18.2. The molecule has 5 nitrogen and oxygen atoms in total. The minimum absolute atomic E-state index is 0.0985. The summed E-state index contributed by atoms with van der Waals surface area (Å²) in [5, 5.41) is 0.965. The van der Waals surface area contributed by atoms with Crippen LogP contribution in [0.1, 0.15) is 34.9 Å². The van der Waals surface area contributed by atoms with Gasteiger partial charge in [0, 0.05) is 36.6 Å². The van der Waals surface area contributed by atoms with E-state index < -0.39 is 5.41 Å². The SMILES string of the molecule is Cc1ccc(-c2nc(C)sc2CC(=O)N2CCN(C(=O)C(C)(C)c3ccccc3)CC2)cc1. The average Bonchev–Trinajstić information content (AvgIpc) is 3.19. The van der Waals surface area contributed by atoms with Gasteiger partial charge in [-0.1, -0.05) is 60.2 Å². The van der Waals surface area contributed by atoms with Gasteiger partial charge in [-0.3, -0.25) is 9.59 Å². The molecule has 1 saturated heterocycles. The topological polar surface area (TPSA) is 53.5 Å². The number of carbonyl (C=O) groups excluding carboxylic acids is 2. The van der Waals surface area contributed by atoms with Crippen molar-refractivity contribution in [3.63, 3.8) is 0 Å². The zero-order chi connectivity index (χ0) is 23.6. The van der Waals surface area contributed by atoms with Crippen LogP contribution in [0.25, 0.3) is 11.3 Å². The zero-order valence-electron chi connectivity index (χ0n) is 19.8. The second-order valence-electron chi connectivity index (χ2n) is 9.21. The molecule has 33 heavy (non-hydrogen) atoms. The Bertz CT molecular complexity index is 1130. The summed E-state index contributed by atoms with van der Waals surface area (Å²) in [4.78, 5) is 35.8. The quantitative estimate of drug-likeness (QED) is 0.557. The number of carbonyl (C=O) groups is 2. The molecule has 3 aromatic rings. The van der Waals surface area contributed by atoms with Crippen LogP contribution in [0.3, 0.4) is 0 Å². The van der Waals surface area contributed by atoms with Crippen molar-refractivity contribution in [2.24, 2.45) is 0 Å². The molecule has 172 valence electrons. The number of amides is 2. The number of nitrogens with zero attached hydrogens (tertiary/aromatic N) is 3. The Morgan fingerprint density at radius 1 is 0.909 bits per heavy atom. The van der Waals surface area contributed by atoms with Crippen molar-refractivity contribution < 1.29 is 9.59 Å². The summed E-state index contributed by atoms with van der Waals surface area (Å²) >= 11 is 1.59. The smallest absolute Gasteiger partial charge is 0.232 e. The number of hydrogen-bond acceptors (Lipinski definition) is 4. The second kappa shape index (κ2) is 9.48. The second-order valence-corrected chi connectivity index (χ2v) is 10.5. The highest BCUT2D eigenvalue weighted by molar-refractivity contribution is 7.12. The van der Waals surface area contributed by atoms with Gasteiger partial charge in [-0.15, -0.1) is 11.3 Å². The number of hydrogen-bond donors (Lipinski definition) is 0. The Kier molecular flexibility index (Phi) is 6.66. The number of benzene rings is 2. The van der Waals surface area contributed by atoms with Crippen LogP contribution in [0.15, 0.2) is 54.6 Å². The summed E-state index contributed by atoms with van der Waals surface area (Å²) in [5.74, 6) is 0.210. The Morgan fingerprint density at radius 2 is 1.52 bits per heavy atom. The van der Waals surface area contributed by atoms with Crippen LogP contribution < -0.4 is 0 Å². The number of aromatic nitrogens is 1. The average molecular weight is 462 g/mol. The first kappa shape index (κ1) is 23.2. The molecule has 0 spiro atoms. The van der Waals surface area contributed by atoms with Gasteiger partial charge in [0.2, 0.25) is 11.8 Å². The maximum atomic E-state index is 13.2. The van der Waals surface area contributed by atoms with E-state index in [4.69, 9.17) is 4.98 Å². The van der Waals surface area contributed by atoms with E-state index in [-0.39, 0.29) is 11.8 Å². The Balaban J connectivity index is 1.40. The first-order chi connectivity index (χ1) is 15.8. The molecule has 1 aliphatic rings. The zero-order valence-corrected chi connectivity index (χ0v) is 20.6. The van der Waals surface area contributed by atoms with Gasteiger partial charge in [0.25, 0.3) is 0 Å². The lowest BCUT2D eigenvalue weighted by Crippen LogP contribution is -2.54. The highest BCUT2D eigenvalue weighted by Crippen LogP contribution is 2.30. The predicted molar refractivity (Wildman–Crippen MR) is 133 cm³/mol. The van der Waals surface area contributed by atoms with Crippen molar-refractivity contribution in [3.05, 3.63) is 75.6 Å². The molecule has 4 rings (SSSR count).